The standard InChI is InChI=1S/C63H41N5/c1-5-18-42(19-6-1)44-32-34-47(35-33-44)62-64-61(46-24-11-4-12-25-46)65-63(66-62)55-41-49(37-39-50(55)45-22-9-3-10-23-45)67-59-40-48(43-20-7-2-8-21-43)36-38-53(59)54-28-17-31-58(60(54)67)68-56-29-15-13-26-51(56)52-27-14-16-30-57(52)68/h1-41H. The van der Waals surface area contributed by atoms with Gasteiger partial charge in [0.15, 0.2) is 17.5 Å². The normalized spacial score (nSPS) is 11.5. The highest BCUT2D eigenvalue weighted by Crippen LogP contribution is 2.43. The van der Waals surface area contributed by atoms with Crippen LogP contribution in [0.2, 0.25) is 0 Å². The van der Waals surface area contributed by atoms with Crippen LogP contribution in [0, 0.1) is 0 Å². The predicted molar refractivity (Wildman–Crippen MR) is 281 cm³/mol. The highest BCUT2D eigenvalue weighted by Gasteiger charge is 2.23. The zero-order valence-electron chi connectivity index (χ0n) is 36.9. The molecule has 0 spiro atoms. The highest BCUT2D eigenvalue weighted by atomic mass is 15.1. The van der Waals surface area contributed by atoms with E-state index in [1.54, 1.807) is 0 Å². The van der Waals surface area contributed by atoms with Crippen molar-refractivity contribution in [2.45, 2.75) is 0 Å². The second-order valence-corrected chi connectivity index (χ2v) is 17.2. The van der Waals surface area contributed by atoms with Crippen LogP contribution in [0.15, 0.2) is 249 Å². The molecule has 13 aromatic rings. The zero-order chi connectivity index (χ0) is 45.0. The minimum absolute atomic E-state index is 0.593. The molecule has 0 N–H and O–H groups in total. The molecule has 0 saturated carbocycles. The molecular weight excluding hydrogens is 827 g/mol. The number of benzene rings is 10. The molecule has 0 amide bonds. The minimum Gasteiger partial charge on any atom is -0.307 e. The van der Waals surface area contributed by atoms with Crippen LogP contribution in [0.4, 0.5) is 0 Å². The SMILES string of the molecule is c1ccc(-c2ccc(-c3nc(-c4ccccc4)nc(-c4cc(-n5c6cc(-c7ccccc7)ccc6c6cccc(-n7c8ccccc8c8ccccc87)c65)ccc4-c4ccccc4)n3)cc2)cc1. The Hall–Kier alpha value is -9.19. The van der Waals surface area contributed by atoms with Gasteiger partial charge in [-0.1, -0.05) is 212 Å². The molecule has 5 heteroatoms. The van der Waals surface area contributed by atoms with Crippen molar-refractivity contribution in [2.75, 3.05) is 0 Å². The molecule has 0 aliphatic heterocycles. The number of rotatable bonds is 8. The van der Waals surface area contributed by atoms with E-state index in [0.717, 1.165) is 83.5 Å². The Morgan fingerprint density at radius 2 is 0.706 bits per heavy atom. The lowest BCUT2D eigenvalue weighted by atomic mass is 9.98. The van der Waals surface area contributed by atoms with Crippen molar-refractivity contribution in [3.63, 3.8) is 0 Å². The van der Waals surface area contributed by atoms with Gasteiger partial charge in [0.25, 0.3) is 0 Å². The monoisotopic (exact) mass is 867 g/mol. The van der Waals surface area contributed by atoms with Crippen molar-refractivity contribution in [3.8, 4) is 78.9 Å². The molecule has 318 valence electrons. The summed E-state index contributed by atoms with van der Waals surface area (Å²) in [4.78, 5) is 15.9. The fourth-order valence-corrected chi connectivity index (χ4v) is 10.00. The Morgan fingerprint density at radius 3 is 1.34 bits per heavy atom. The average Bonchev–Trinajstić information content (AvgIpc) is 3.94. The summed E-state index contributed by atoms with van der Waals surface area (Å²) in [5.74, 6) is 1.81. The first-order valence-corrected chi connectivity index (χ1v) is 23.0. The van der Waals surface area contributed by atoms with Gasteiger partial charge in [-0.25, -0.2) is 15.0 Å². The first-order valence-electron chi connectivity index (χ1n) is 23.0. The van der Waals surface area contributed by atoms with Crippen molar-refractivity contribution in [3.05, 3.63) is 249 Å². The van der Waals surface area contributed by atoms with Crippen LogP contribution < -0.4 is 0 Å². The van der Waals surface area contributed by atoms with Gasteiger partial charge in [0.2, 0.25) is 0 Å². The van der Waals surface area contributed by atoms with Crippen LogP contribution in [0.3, 0.4) is 0 Å². The fourth-order valence-electron chi connectivity index (χ4n) is 10.00. The van der Waals surface area contributed by atoms with E-state index in [2.05, 4.69) is 234 Å². The Labute approximate surface area is 393 Å². The van der Waals surface area contributed by atoms with Gasteiger partial charge >= 0.3 is 0 Å². The maximum Gasteiger partial charge on any atom is 0.164 e. The lowest BCUT2D eigenvalue weighted by Crippen LogP contribution is -2.03. The number of hydrogen-bond donors (Lipinski definition) is 0. The third-order valence-electron chi connectivity index (χ3n) is 13.2. The molecule has 3 aromatic heterocycles. The van der Waals surface area contributed by atoms with E-state index in [9.17, 15) is 0 Å². The first-order chi connectivity index (χ1) is 33.7. The smallest absolute Gasteiger partial charge is 0.164 e. The van der Waals surface area contributed by atoms with Crippen molar-refractivity contribution in [1.82, 2.24) is 24.1 Å². The van der Waals surface area contributed by atoms with Crippen LogP contribution in [-0.2, 0) is 0 Å². The third-order valence-corrected chi connectivity index (χ3v) is 13.2. The largest absolute Gasteiger partial charge is 0.307 e. The molecule has 0 atom stereocenters. The Balaban J connectivity index is 1.10. The van der Waals surface area contributed by atoms with E-state index in [0.29, 0.717) is 17.5 Å². The van der Waals surface area contributed by atoms with E-state index < -0.39 is 0 Å². The molecule has 13 rings (SSSR count). The van der Waals surface area contributed by atoms with Crippen LogP contribution >= 0.6 is 0 Å². The summed E-state index contributed by atoms with van der Waals surface area (Å²) in [6.07, 6.45) is 0. The molecule has 0 radical (unpaired) electrons. The summed E-state index contributed by atoms with van der Waals surface area (Å²) >= 11 is 0. The Bertz CT molecular complexity index is 3930. The lowest BCUT2D eigenvalue weighted by molar-refractivity contribution is 1.07. The minimum atomic E-state index is 0.593. The molecule has 0 aliphatic carbocycles. The molecule has 0 fully saturated rings. The quantitative estimate of drug-likeness (QED) is 0.153. The number of aromatic nitrogens is 5. The van der Waals surface area contributed by atoms with E-state index in [4.69, 9.17) is 15.0 Å². The van der Waals surface area contributed by atoms with Gasteiger partial charge in [0.05, 0.1) is 27.8 Å². The summed E-state index contributed by atoms with van der Waals surface area (Å²) in [7, 11) is 0. The van der Waals surface area contributed by atoms with Gasteiger partial charge in [-0.15, -0.1) is 0 Å². The van der Waals surface area contributed by atoms with Crippen LogP contribution in [0.25, 0.3) is 123 Å². The van der Waals surface area contributed by atoms with Crippen molar-refractivity contribution in [1.29, 1.82) is 0 Å². The van der Waals surface area contributed by atoms with E-state index in [-0.39, 0.29) is 0 Å². The predicted octanol–water partition coefficient (Wildman–Crippen LogP) is 16.1. The van der Waals surface area contributed by atoms with Gasteiger partial charge in [-0.3, -0.25) is 0 Å². The fraction of sp³-hybridized carbons (Fsp3) is 0. The number of hydrogen-bond acceptors (Lipinski definition) is 3. The van der Waals surface area contributed by atoms with Crippen molar-refractivity contribution in [2.24, 2.45) is 0 Å². The van der Waals surface area contributed by atoms with Gasteiger partial charge in [0.1, 0.15) is 0 Å². The van der Waals surface area contributed by atoms with Crippen LogP contribution in [0.5, 0.6) is 0 Å². The summed E-state index contributed by atoms with van der Waals surface area (Å²) in [5.41, 5.74) is 16.1. The zero-order valence-corrected chi connectivity index (χ0v) is 36.9. The molecule has 10 aromatic carbocycles. The number of fused-ring (bicyclic) bond motifs is 6. The van der Waals surface area contributed by atoms with Crippen molar-refractivity contribution < 1.29 is 0 Å². The topological polar surface area (TPSA) is 48.5 Å². The molecular formula is C63H41N5. The van der Waals surface area contributed by atoms with Crippen LogP contribution in [0.1, 0.15) is 0 Å². The molecule has 0 aliphatic rings. The Morgan fingerprint density at radius 1 is 0.250 bits per heavy atom. The van der Waals surface area contributed by atoms with Gasteiger partial charge in [0, 0.05) is 43.9 Å². The average molecular weight is 868 g/mol. The van der Waals surface area contributed by atoms with Gasteiger partial charge in [-0.2, -0.15) is 0 Å². The molecule has 0 unspecified atom stereocenters. The maximum atomic E-state index is 5.38. The Kier molecular flexibility index (Phi) is 9.43. The van der Waals surface area contributed by atoms with Crippen LogP contribution in [-0.4, -0.2) is 24.1 Å². The second-order valence-electron chi connectivity index (χ2n) is 17.2. The van der Waals surface area contributed by atoms with E-state index >= 15 is 0 Å². The van der Waals surface area contributed by atoms with Crippen molar-refractivity contribution >= 4 is 43.6 Å². The summed E-state index contributed by atoms with van der Waals surface area (Å²) in [6.45, 7) is 0. The summed E-state index contributed by atoms with van der Waals surface area (Å²) < 4.78 is 4.89. The molecule has 0 bridgehead atoms. The molecule has 3 heterocycles. The summed E-state index contributed by atoms with van der Waals surface area (Å²) in [6, 6.07) is 88.3. The molecule has 5 nitrogen and oxygen atoms in total. The first kappa shape index (κ1) is 39.2. The van der Waals surface area contributed by atoms with Gasteiger partial charge < -0.3 is 9.13 Å². The molecule has 0 saturated heterocycles. The second kappa shape index (κ2) is 16.4. The third kappa shape index (κ3) is 6.68. The van der Waals surface area contributed by atoms with E-state index in [1.807, 2.05) is 24.3 Å². The maximum absolute atomic E-state index is 5.38. The highest BCUT2D eigenvalue weighted by molar-refractivity contribution is 6.15. The number of nitrogens with zero attached hydrogens (tertiary/aromatic N) is 5. The summed E-state index contributed by atoms with van der Waals surface area (Å²) in [5, 5.41) is 4.78. The number of para-hydroxylation sites is 3. The lowest BCUT2D eigenvalue weighted by Gasteiger charge is -2.17. The molecule has 68 heavy (non-hydrogen) atoms. The van der Waals surface area contributed by atoms with Gasteiger partial charge in [-0.05, 0) is 69.8 Å². The van der Waals surface area contributed by atoms with E-state index in [1.165, 1.54) is 21.5 Å².